The highest BCUT2D eigenvalue weighted by Gasteiger charge is 2.08. The van der Waals surface area contributed by atoms with Crippen LogP contribution in [0.15, 0.2) is 18.3 Å². The molecule has 58 valence electrons. The molecule has 0 aliphatic rings. The van der Waals surface area contributed by atoms with E-state index in [9.17, 15) is 9.18 Å². The fraction of sp³-hybridized carbons (Fsp3) is 0.143. The van der Waals surface area contributed by atoms with Gasteiger partial charge >= 0.3 is 0 Å². The summed E-state index contributed by atoms with van der Waals surface area (Å²) in [6.07, 6.45) is 1.29. The van der Waals surface area contributed by atoms with E-state index in [-0.39, 0.29) is 5.56 Å². The average Bonchev–Trinajstić information content (AvgIpc) is 2.04. The van der Waals surface area contributed by atoms with E-state index in [2.05, 4.69) is 10.3 Å². The second-order valence-electron chi connectivity index (χ2n) is 1.92. The predicted molar refractivity (Wildman–Crippen MR) is 37.6 cm³/mol. The van der Waals surface area contributed by atoms with Gasteiger partial charge in [-0.15, -0.1) is 0 Å². The SMILES string of the molecule is CNC(=O)c1cccnc1F. The summed E-state index contributed by atoms with van der Waals surface area (Å²) in [4.78, 5) is 14.2. The zero-order valence-corrected chi connectivity index (χ0v) is 5.97. The number of halogens is 1. The Morgan fingerprint density at radius 2 is 2.45 bits per heavy atom. The number of nitrogens with one attached hydrogen (secondary N) is 1. The molecule has 0 aromatic carbocycles. The Balaban J connectivity index is 3.03. The van der Waals surface area contributed by atoms with E-state index in [1.807, 2.05) is 0 Å². The van der Waals surface area contributed by atoms with Crippen LogP contribution in [0.1, 0.15) is 10.4 Å². The molecule has 0 saturated carbocycles. The topological polar surface area (TPSA) is 42.0 Å². The van der Waals surface area contributed by atoms with Crippen molar-refractivity contribution in [2.75, 3.05) is 7.05 Å². The van der Waals surface area contributed by atoms with E-state index in [1.165, 1.54) is 25.4 Å². The molecule has 0 atom stereocenters. The zero-order chi connectivity index (χ0) is 8.27. The lowest BCUT2D eigenvalue weighted by Crippen LogP contribution is -2.19. The molecule has 1 rings (SSSR count). The summed E-state index contributed by atoms with van der Waals surface area (Å²) in [5.41, 5.74) is -0.0324. The highest BCUT2D eigenvalue weighted by Crippen LogP contribution is 2.01. The van der Waals surface area contributed by atoms with Crippen LogP contribution in [0.25, 0.3) is 0 Å². The molecule has 1 aromatic heterocycles. The quantitative estimate of drug-likeness (QED) is 0.601. The van der Waals surface area contributed by atoms with Gasteiger partial charge in [0.1, 0.15) is 0 Å². The van der Waals surface area contributed by atoms with Gasteiger partial charge in [0.25, 0.3) is 5.91 Å². The summed E-state index contributed by atoms with van der Waals surface area (Å²) < 4.78 is 12.7. The van der Waals surface area contributed by atoms with Crippen molar-refractivity contribution in [1.29, 1.82) is 0 Å². The predicted octanol–water partition coefficient (Wildman–Crippen LogP) is 0.580. The van der Waals surface area contributed by atoms with Crippen LogP contribution < -0.4 is 5.32 Å². The molecule has 1 amide bonds. The number of hydrogen-bond donors (Lipinski definition) is 1. The monoisotopic (exact) mass is 154 g/mol. The van der Waals surface area contributed by atoms with Crippen LogP contribution in [0.3, 0.4) is 0 Å². The van der Waals surface area contributed by atoms with Crippen molar-refractivity contribution in [3.63, 3.8) is 0 Å². The number of carbonyl (C=O) groups excluding carboxylic acids is 1. The Hall–Kier alpha value is -1.45. The van der Waals surface area contributed by atoms with E-state index in [4.69, 9.17) is 0 Å². The van der Waals surface area contributed by atoms with Gasteiger partial charge in [-0.1, -0.05) is 0 Å². The van der Waals surface area contributed by atoms with Crippen LogP contribution in [-0.4, -0.2) is 17.9 Å². The largest absolute Gasteiger partial charge is 0.355 e. The Bertz CT molecular complexity index is 275. The Morgan fingerprint density at radius 1 is 1.73 bits per heavy atom. The summed E-state index contributed by atoms with van der Waals surface area (Å²) >= 11 is 0. The standard InChI is InChI=1S/C7H7FN2O/c1-9-7(11)5-3-2-4-10-6(5)8/h2-4H,1H3,(H,9,11). The Labute approximate surface area is 63.3 Å². The van der Waals surface area contributed by atoms with Crippen molar-refractivity contribution in [2.45, 2.75) is 0 Å². The average molecular weight is 154 g/mol. The number of carbonyl (C=O) groups is 1. The van der Waals surface area contributed by atoms with E-state index in [0.717, 1.165) is 0 Å². The minimum Gasteiger partial charge on any atom is -0.355 e. The van der Waals surface area contributed by atoms with Gasteiger partial charge in [-0.3, -0.25) is 4.79 Å². The minimum absolute atomic E-state index is 0.0324. The molecule has 0 spiro atoms. The maximum Gasteiger partial charge on any atom is 0.255 e. The summed E-state index contributed by atoms with van der Waals surface area (Å²) in [6, 6.07) is 2.88. The molecule has 0 unspecified atom stereocenters. The lowest BCUT2D eigenvalue weighted by atomic mass is 10.2. The molecule has 4 heteroatoms. The molecule has 0 fully saturated rings. The van der Waals surface area contributed by atoms with Crippen LogP contribution >= 0.6 is 0 Å². The Kier molecular flexibility index (Phi) is 2.15. The van der Waals surface area contributed by atoms with E-state index in [0.29, 0.717) is 0 Å². The first-order chi connectivity index (χ1) is 5.25. The van der Waals surface area contributed by atoms with Gasteiger partial charge in [-0.05, 0) is 12.1 Å². The zero-order valence-electron chi connectivity index (χ0n) is 5.97. The third-order valence-electron chi connectivity index (χ3n) is 1.23. The van der Waals surface area contributed by atoms with E-state index < -0.39 is 11.9 Å². The second-order valence-corrected chi connectivity index (χ2v) is 1.92. The second kappa shape index (κ2) is 3.09. The van der Waals surface area contributed by atoms with Crippen LogP contribution in [0.4, 0.5) is 4.39 Å². The van der Waals surface area contributed by atoms with E-state index >= 15 is 0 Å². The van der Waals surface area contributed by atoms with Crippen molar-refractivity contribution in [1.82, 2.24) is 10.3 Å². The normalized spacial score (nSPS) is 9.27. The number of pyridine rings is 1. The first-order valence-corrected chi connectivity index (χ1v) is 3.08. The lowest BCUT2D eigenvalue weighted by molar-refractivity contribution is 0.0958. The van der Waals surface area contributed by atoms with Gasteiger partial charge in [0.15, 0.2) is 0 Å². The number of nitrogens with zero attached hydrogens (tertiary/aromatic N) is 1. The van der Waals surface area contributed by atoms with Crippen LogP contribution in [0.2, 0.25) is 0 Å². The molecule has 11 heavy (non-hydrogen) atoms. The summed E-state index contributed by atoms with van der Waals surface area (Å²) in [6.45, 7) is 0. The highest BCUT2D eigenvalue weighted by molar-refractivity contribution is 5.93. The highest BCUT2D eigenvalue weighted by atomic mass is 19.1. The fourth-order valence-corrected chi connectivity index (χ4v) is 0.690. The molecule has 3 nitrogen and oxygen atoms in total. The number of rotatable bonds is 1. The van der Waals surface area contributed by atoms with Crippen molar-refractivity contribution in [3.05, 3.63) is 29.8 Å². The molecule has 0 bridgehead atoms. The van der Waals surface area contributed by atoms with Crippen LogP contribution in [0.5, 0.6) is 0 Å². The molecule has 1 heterocycles. The molecule has 1 N–H and O–H groups in total. The van der Waals surface area contributed by atoms with Gasteiger partial charge in [-0.25, -0.2) is 4.98 Å². The third kappa shape index (κ3) is 1.52. The maximum atomic E-state index is 12.7. The summed E-state index contributed by atoms with van der Waals surface area (Å²) in [7, 11) is 1.44. The van der Waals surface area contributed by atoms with Crippen LogP contribution in [-0.2, 0) is 0 Å². The van der Waals surface area contributed by atoms with Crippen LogP contribution in [0, 0.1) is 5.95 Å². The van der Waals surface area contributed by atoms with Crippen molar-refractivity contribution >= 4 is 5.91 Å². The molecule has 1 aromatic rings. The molecular weight excluding hydrogens is 147 g/mol. The minimum atomic E-state index is -0.744. The third-order valence-corrected chi connectivity index (χ3v) is 1.23. The van der Waals surface area contributed by atoms with Gasteiger partial charge < -0.3 is 5.32 Å². The van der Waals surface area contributed by atoms with Crippen molar-refractivity contribution in [3.8, 4) is 0 Å². The van der Waals surface area contributed by atoms with Gasteiger partial charge in [-0.2, -0.15) is 4.39 Å². The summed E-state index contributed by atoms with van der Waals surface area (Å²) in [5, 5.41) is 2.30. The number of amides is 1. The summed E-state index contributed by atoms with van der Waals surface area (Å²) in [5.74, 6) is -1.21. The Morgan fingerprint density at radius 3 is 3.00 bits per heavy atom. The lowest BCUT2D eigenvalue weighted by Gasteiger charge is -1.98. The molecule has 0 aliphatic heterocycles. The van der Waals surface area contributed by atoms with Gasteiger partial charge in [0, 0.05) is 13.2 Å². The first kappa shape index (κ1) is 7.65. The molecule has 0 aliphatic carbocycles. The first-order valence-electron chi connectivity index (χ1n) is 3.08. The molecule has 0 radical (unpaired) electrons. The van der Waals surface area contributed by atoms with Gasteiger partial charge in [0.2, 0.25) is 5.95 Å². The smallest absolute Gasteiger partial charge is 0.255 e. The number of hydrogen-bond acceptors (Lipinski definition) is 2. The maximum absolute atomic E-state index is 12.7. The fourth-order valence-electron chi connectivity index (χ4n) is 0.690. The van der Waals surface area contributed by atoms with Crippen molar-refractivity contribution < 1.29 is 9.18 Å². The van der Waals surface area contributed by atoms with Crippen molar-refractivity contribution in [2.24, 2.45) is 0 Å². The molecular formula is C7H7FN2O. The molecule has 0 saturated heterocycles. The van der Waals surface area contributed by atoms with Gasteiger partial charge in [0.05, 0.1) is 5.56 Å². The number of aromatic nitrogens is 1. The van der Waals surface area contributed by atoms with E-state index in [1.54, 1.807) is 0 Å².